The van der Waals surface area contributed by atoms with Gasteiger partial charge in [0, 0.05) is 25.2 Å². The maximum atomic E-state index is 12.3. The Labute approximate surface area is 131 Å². The maximum absolute atomic E-state index is 12.3. The lowest BCUT2D eigenvalue weighted by atomic mass is 10.1. The Balaban J connectivity index is 2.81. The molecule has 120 valence electrons. The van der Waals surface area contributed by atoms with E-state index in [0.717, 1.165) is 38.8 Å². The fourth-order valence-electron chi connectivity index (χ4n) is 2.09. The summed E-state index contributed by atoms with van der Waals surface area (Å²) < 4.78 is 0. The molecule has 1 rings (SSSR count). The first-order valence-corrected chi connectivity index (χ1v) is 7.80. The van der Waals surface area contributed by atoms with Crippen LogP contribution in [0.15, 0.2) is 30.3 Å². The van der Waals surface area contributed by atoms with Gasteiger partial charge in [-0.25, -0.2) is 0 Å². The minimum absolute atomic E-state index is 0.0141. The number of nitro groups is 1. The first-order valence-electron chi connectivity index (χ1n) is 7.80. The van der Waals surface area contributed by atoms with E-state index < -0.39 is 4.92 Å². The molecule has 5 heteroatoms. The van der Waals surface area contributed by atoms with Crippen LogP contribution in [0.4, 0.5) is 5.69 Å². The van der Waals surface area contributed by atoms with Crippen molar-refractivity contribution in [3.05, 3.63) is 46.0 Å². The number of benzene rings is 1. The molecule has 0 N–H and O–H groups in total. The first kappa shape index (κ1) is 17.9. The van der Waals surface area contributed by atoms with E-state index in [-0.39, 0.29) is 11.6 Å². The average Bonchev–Trinajstić information content (AvgIpc) is 2.53. The van der Waals surface area contributed by atoms with E-state index in [1.54, 1.807) is 18.2 Å². The number of nitrogens with zero attached hydrogens (tertiary/aromatic N) is 2. The van der Waals surface area contributed by atoms with Crippen LogP contribution in [0.25, 0.3) is 6.08 Å². The third kappa shape index (κ3) is 5.68. The van der Waals surface area contributed by atoms with Crippen molar-refractivity contribution in [1.29, 1.82) is 0 Å². The van der Waals surface area contributed by atoms with E-state index in [1.807, 2.05) is 4.90 Å². The zero-order chi connectivity index (χ0) is 16.4. The third-order valence-corrected chi connectivity index (χ3v) is 3.41. The van der Waals surface area contributed by atoms with Crippen molar-refractivity contribution in [2.24, 2.45) is 0 Å². The van der Waals surface area contributed by atoms with Gasteiger partial charge in [-0.3, -0.25) is 14.9 Å². The topological polar surface area (TPSA) is 63.5 Å². The van der Waals surface area contributed by atoms with Crippen LogP contribution >= 0.6 is 0 Å². The molecule has 0 saturated carbocycles. The van der Waals surface area contributed by atoms with Gasteiger partial charge in [-0.2, -0.15) is 0 Å². The second kappa shape index (κ2) is 9.71. The molecule has 0 aliphatic rings. The Hall–Kier alpha value is -2.17. The van der Waals surface area contributed by atoms with Gasteiger partial charge in [0.15, 0.2) is 0 Å². The molecule has 0 heterocycles. The summed E-state index contributed by atoms with van der Waals surface area (Å²) >= 11 is 0. The van der Waals surface area contributed by atoms with Crippen molar-refractivity contribution in [2.75, 3.05) is 13.1 Å². The minimum Gasteiger partial charge on any atom is -0.339 e. The van der Waals surface area contributed by atoms with Crippen molar-refractivity contribution < 1.29 is 9.72 Å². The monoisotopic (exact) mass is 304 g/mol. The largest absolute Gasteiger partial charge is 0.339 e. The van der Waals surface area contributed by atoms with Gasteiger partial charge in [0.25, 0.3) is 5.69 Å². The lowest BCUT2D eigenvalue weighted by molar-refractivity contribution is -0.385. The second-order valence-corrected chi connectivity index (χ2v) is 5.18. The summed E-state index contributed by atoms with van der Waals surface area (Å²) in [4.78, 5) is 24.6. The van der Waals surface area contributed by atoms with E-state index in [4.69, 9.17) is 0 Å². The number of hydrogen-bond donors (Lipinski definition) is 0. The number of amides is 1. The molecule has 5 nitrogen and oxygen atoms in total. The second-order valence-electron chi connectivity index (χ2n) is 5.18. The molecular formula is C17H24N2O3. The van der Waals surface area contributed by atoms with E-state index in [1.165, 1.54) is 18.2 Å². The van der Waals surface area contributed by atoms with Crippen molar-refractivity contribution in [3.63, 3.8) is 0 Å². The number of hydrogen-bond acceptors (Lipinski definition) is 3. The Kier molecular flexibility index (Phi) is 7.89. The number of unbranched alkanes of at least 4 members (excludes halogenated alkanes) is 2. The van der Waals surface area contributed by atoms with Crippen LogP contribution in [-0.4, -0.2) is 28.8 Å². The molecule has 0 aromatic heterocycles. The molecule has 0 radical (unpaired) electrons. The van der Waals surface area contributed by atoms with Gasteiger partial charge in [-0.1, -0.05) is 38.8 Å². The summed E-state index contributed by atoms with van der Waals surface area (Å²) in [6, 6.07) is 6.43. The highest BCUT2D eigenvalue weighted by atomic mass is 16.6. The molecule has 0 unspecified atom stereocenters. The fourth-order valence-corrected chi connectivity index (χ4v) is 2.09. The van der Waals surface area contributed by atoms with Crippen molar-refractivity contribution in [3.8, 4) is 0 Å². The van der Waals surface area contributed by atoms with Crippen LogP contribution < -0.4 is 0 Å². The van der Waals surface area contributed by atoms with Crippen LogP contribution in [0.3, 0.4) is 0 Å². The Morgan fingerprint density at radius 2 is 1.77 bits per heavy atom. The maximum Gasteiger partial charge on any atom is 0.276 e. The summed E-state index contributed by atoms with van der Waals surface area (Å²) in [6.07, 6.45) is 6.97. The summed E-state index contributed by atoms with van der Waals surface area (Å²) in [5.74, 6) is -0.0833. The van der Waals surface area contributed by atoms with Crippen LogP contribution in [0, 0.1) is 10.1 Å². The number of carbonyl (C=O) groups excluding carboxylic acids is 1. The predicted molar refractivity (Wildman–Crippen MR) is 88.5 cm³/mol. The number of rotatable bonds is 9. The van der Waals surface area contributed by atoms with Crippen LogP contribution in [0.5, 0.6) is 0 Å². The Bertz CT molecular complexity index is 518. The molecule has 0 atom stereocenters. The van der Waals surface area contributed by atoms with Crippen molar-refractivity contribution in [2.45, 2.75) is 39.5 Å². The number of carbonyl (C=O) groups is 1. The first-order chi connectivity index (χ1) is 10.6. The zero-order valence-electron chi connectivity index (χ0n) is 13.3. The molecule has 0 spiro atoms. The van der Waals surface area contributed by atoms with Crippen LogP contribution in [0.1, 0.15) is 45.1 Å². The lowest BCUT2D eigenvalue weighted by Crippen LogP contribution is -2.31. The molecule has 1 amide bonds. The van der Waals surface area contributed by atoms with E-state index in [9.17, 15) is 14.9 Å². The van der Waals surface area contributed by atoms with Gasteiger partial charge in [0.2, 0.25) is 5.91 Å². The quantitative estimate of drug-likeness (QED) is 0.393. The molecule has 0 saturated heterocycles. The van der Waals surface area contributed by atoms with Gasteiger partial charge < -0.3 is 4.90 Å². The third-order valence-electron chi connectivity index (χ3n) is 3.41. The minimum atomic E-state index is -0.434. The SMILES string of the molecule is CCCCN(CCCC)C(=O)/C=C/c1ccccc1[N+](=O)[O-]. The number of nitro benzene ring substituents is 1. The lowest BCUT2D eigenvalue weighted by Gasteiger charge is -2.20. The Morgan fingerprint density at radius 1 is 1.18 bits per heavy atom. The molecule has 1 aromatic rings. The predicted octanol–water partition coefficient (Wildman–Crippen LogP) is 4.04. The Morgan fingerprint density at radius 3 is 2.32 bits per heavy atom. The standard InChI is InChI=1S/C17H24N2O3/c1-3-5-13-18(14-6-4-2)17(20)12-11-15-9-7-8-10-16(15)19(21)22/h7-12H,3-6,13-14H2,1-2H3/b12-11+. The molecule has 0 aliphatic heterocycles. The zero-order valence-corrected chi connectivity index (χ0v) is 13.3. The van der Waals surface area contributed by atoms with Gasteiger partial charge in [-0.05, 0) is 25.0 Å². The van der Waals surface area contributed by atoms with Gasteiger partial charge in [-0.15, -0.1) is 0 Å². The van der Waals surface area contributed by atoms with Gasteiger partial charge in [0.1, 0.15) is 0 Å². The summed E-state index contributed by atoms with van der Waals surface area (Å²) in [5.41, 5.74) is 0.465. The van der Waals surface area contributed by atoms with Crippen molar-refractivity contribution >= 4 is 17.7 Å². The summed E-state index contributed by atoms with van der Waals surface area (Å²) in [7, 11) is 0. The fraction of sp³-hybridized carbons (Fsp3) is 0.471. The highest BCUT2D eigenvalue weighted by Gasteiger charge is 2.12. The van der Waals surface area contributed by atoms with E-state index in [2.05, 4.69) is 13.8 Å². The summed E-state index contributed by atoms with van der Waals surface area (Å²) in [6.45, 7) is 5.64. The average molecular weight is 304 g/mol. The van der Waals surface area contributed by atoms with Crippen molar-refractivity contribution in [1.82, 2.24) is 4.90 Å². The number of para-hydroxylation sites is 1. The summed E-state index contributed by atoms with van der Waals surface area (Å²) in [5, 5.41) is 11.0. The van der Waals surface area contributed by atoms with Crippen LogP contribution in [0.2, 0.25) is 0 Å². The van der Waals surface area contributed by atoms with Crippen LogP contribution in [-0.2, 0) is 4.79 Å². The smallest absolute Gasteiger partial charge is 0.276 e. The molecule has 1 aromatic carbocycles. The molecule has 0 aliphatic carbocycles. The highest BCUT2D eigenvalue weighted by Crippen LogP contribution is 2.19. The highest BCUT2D eigenvalue weighted by molar-refractivity contribution is 5.92. The van der Waals surface area contributed by atoms with Gasteiger partial charge >= 0.3 is 0 Å². The van der Waals surface area contributed by atoms with E-state index in [0.29, 0.717) is 5.56 Å². The van der Waals surface area contributed by atoms with E-state index >= 15 is 0 Å². The molecule has 0 bridgehead atoms. The van der Waals surface area contributed by atoms with Gasteiger partial charge in [0.05, 0.1) is 10.5 Å². The molecular weight excluding hydrogens is 280 g/mol. The molecule has 0 fully saturated rings. The molecule has 22 heavy (non-hydrogen) atoms. The normalized spacial score (nSPS) is 10.8.